The molecule has 7 heteroatoms. The molecule has 0 radical (unpaired) electrons. The Morgan fingerprint density at radius 3 is 2.71 bits per heavy atom. The van der Waals surface area contributed by atoms with Crippen LogP contribution in [0.4, 0.5) is 4.39 Å². The minimum atomic E-state index is -0.182. The fraction of sp³-hybridized carbons (Fsp3) is 0.412. The summed E-state index contributed by atoms with van der Waals surface area (Å²) in [7, 11) is 0. The Balaban J connectivity index is 0.00000288. The van der Waals surface area contributed by atoms with Gasteiger partial charge < -0.3 is 10.6 Å². The Bertz CT molecular complexity index is 687. The van der Waals surface area contributed by atoms with Gasteiger partial charge >= 0.3 is 0 Å². The SMILES string of the molecule is CCNC(=NCc1cnc(C)s1)NC(C)c1ccc(C)c(F)c1.I. The van der Waals surface area contributed by atoms with Gasteiger partial charge in [0.2, 0.25) is 0 Å². The van der Waals surface area contributed by atoms with Crippen molar-refractivity contribution in [3.05, 3.63) is 51.2 Å². The number of hydrogen-bond donors (Lipinski definition) is 2. The molecule has 1 aromatic carbocycles. The number of aliphatic imine (C=N–C) groups is 1. The zero-order chi connectivity index (χ0) is 16.8. The molecule has 1 aromatic heterocycles. The van der Waals surface area contributed by atoms with Crippen LogP contribution >= 0.6 is 35.3 Å². The maximum absolute atomic E-state index is 13.7. The number of hydrogen-bond acceptors (Lipinski definition) is 3. The highest BCUT2D eigenvalue weighted by molar-refractivity contribution is 14.0. The number of aromatic nitrogens is 1. The quantitative estimate of drug-likeness (QED) is 0.395. The first-order chi connectivity index (χ1) is 11.0. The molecule has 1 heterocycles. The van der Waals surface area contributed by atoms with E-state index in [9.17, 15) is 4.39 Å². The average Bonchev–Trinajstić information content (AvgIpc) is 2.93. The third-order valence-corrected chi connectivity index (χ3v) is 4.35. The molecule has 4 nitrogen and oxygen atoms in total. The molecule has 0 spiro atoms. The van der Waals surface area contributed by atoms with E-state index < -0.39 is 0 Å². The first kappa shape index (κ1) is 20.8. The number of nitrogens with zero attached hydrogens (tertiary/aromatic N) is 2. The molecule has 0 amide bonds. The van der Waals surface area contributed by atoms with Crippen molar-refractivity contribution in [3.8, 4) is 0 Å². The minimum Gasteiger partial charge on any atom is -0.357 e. The molecule has 1 atom stereocenters. The van der Waals surface area contributed by atoms with Gasteiger partial charge in [-0.25, -0.2) is 14.4 Å². The van der Waals surface area contributed by atoms with Gasteiger partial charge in [0.05, 0.1) is 17.6 Å². The summed E-state index contributed by atoms with van der Waals surface area (Å²) in [5, 5.41) is 7.57. The van der Waals surface area contributed by atoms with Crippen LogP contribution in [0.1, 0.15) is 40.9 Å². The van der Waals surface area contributed by atoms with E-state index in [1.165, 1.54) is 0 Å². The lowest BCUT2D eigenvalue weighted by atomic mass is 10.1. The zero-order valence-corrected chi connectivity index (χ0v) is 17.5. The van der Waals surface area contributed by atoms with E-state index in [1.807, 2.05) is 33.0 Å². The van der Waals surface area contributed by atoms with E-state index in [4.69, 9.17) is 0 Å². The van der Waals surface area contributed by atoms with Gasteiger partial charge in [-0.1, -0.05) is 12.1 Å². The smallest absolute Gasteiger partial charge is 0.192 e. The van der Waals surface area contributed by atoms with Crippen LogP contribution in [-0.2, 0) is 6.54 Å². The monoisotopic (exact) mass is 462 g/mol. The van der Waals surface area contributed by atoms with Crippen LogP contribution in [0.5, 0.6) is 0 Å². The maximum Gasteiger partial charge on any atom is 0.192 e. The van der Waals surface area contributed by atoms with Gasteiger partial charge in [-0.05, 0) is 44.9 Å². The third-order valence-electron chi connectivity index (χ3n) is 3.46. The number of benzene rings is 1. The van der Waals surface area contributed by atoms with Crippen LogP contribution in [0, 0.1) is 19.7 Å². The molecule has 0 saturated carbocycles. The number of guanidine groups is 1. The summed E-state index contributed by atoms with van der Waals surface area (Å²) >= 11 is 1.64. The summed E-state index contributed by atoms with van der Waals surface area (Å²) < 4.78 is 13.7. The van der Waals surface area contributed by atoms with Crippen molar-refractivity contribution in [2.45, 2.75) is 40.3 Å². The van der Waals surface area contributed by atoms with Crippen molar-refractivity contribution in [2.24, 2.45) is 4.99 Å². The summed E-state index contributed by atoms with van der Waals surface area (Å²) in [5.74, 6) is 0.533. The standard InChI is InChI=1S/C17H23FN4S.HI/c1-5-19-17(21-10-15-9-20-13(4)23-15)22-12(3)14-7-6-11(2)16(18)8-14;/h6-9,12H,5,10H2,1-4H3,(H2,19,21,22);1H. The van der Waals surface area contributed by atoms with Crippen molar-refractivity contribution in [3.63, 3.8) is 0 Å². The van der Waals surface area contributed by atoms with Crippen molar-refractivity contribution < 1.29 is 4.39 Å². The fourth-order valence-electron chi connectivity index (χ4n) is 2.12. The Kier molecular flexibility index (Phi) is 8.61. The second-order valence-electron chi connectivity index (χ2n) is 5.42. The van der Waals surface area contributed by atoms with Crippen molar-refractivity contribution >= 4 is 41.3 Å². The van der Waals surface area contributed by atoms with Crippen LogP contribution in [0.2, 0.25) is 0 Å². The van der Waals surface area contributed by atoms with Crippen LogP contribution in [0.25, 0.3) is 0 Å². The lowest BCUT2D eigenvalue weighted by molar-refractivity contribution is 0.607. The molecule has 0 fully saturated rings. The topological polar surface area (TPSA) is 49.3 Å². The number of rotatable bonds is 5. The number of halogens is 2. The van der Waals surface area contributed by atoms with Gasteiger partial charge in [0, 0.05) is 17.6 Å². The Morgan fingerprint density at radius 1 is 1.38 bits per heavy atom. The molecule has 2 aromatic rings. The molecule has 0 aliphatic heterocycles. The molecule has 0 bridgehead atoms. The summed E-state index contributed by atoms with van der Waals surface area (Å²) in [6.45, 7) is 9.10. The van der Waals surface area contributed by atoms with Crippen molar-refractivity contribution in [1.29, 1.82) is 0 Å². The molecular formula is C17H24FIN4S. The van der Waals surface area contributed by atoms with Gasteiger partial charge in [0.15, 0.2) is 5.96 Å². The fourth-order valence-corrected chi connectivity index (χ4v) is 2.84. The highest BCUT2D eigenvalue weighted by Gasteiger charge is 2.10. The summed E-state index contributed by atoms with van der Waals surface area (Å²) in [5.41, 5.74) is 1.55. The predicted molar refractivity (Wildman–Crippen MR) is 110 cm³/mol. The molecule has 1 unspecified atom stereocenters. The van der Waals surface area contributed by atoms with E-state index in [2.05, 4.69) is 20.6 Å². The van der Waals surface area contributed by atoms with E-state index in [1.54, 1.807) is 30.4 Å². The van der Waals surface area contributed by atoms with E-state index in [0.29, 0.717) is 18.1 Å². The van der Waals surface area contributed by atoms with Gasteiger partial charge in [0.25, 0.3) is 0 Å². The molecular weight excluding hydrogens is 438 g/mol. The van der Waals surface area contributed by atoms with Crippen LogP contribution in [-0.4, -0.2) is 17.5 Å². The molecule has 0 aliphatic carbocycles. The molecule has 2 rings (SSSR count). The maximum atomic E-state index is 13.7. The first-order valence-electron chi connectivity index (χ1n) is 7.71. The molecule has 2 N–H and O–H groups in total. The second-order valence-corrected chi connectivity index (χ2v) is 6.73. The molecule has 24 heavy (non-hydrogen) atoms. The Hall–Kier alpha value is -1.22. The molecule has 0 aliphatic rings. The lowest BCUT2D eigenvalue weighted by Gasteiger charge is -2.18. The van der Waals surface area contributed by atoms with Gasteiger partial charge in [-0.2, -0.15) is 0 Å². The van der Waals surface area contributed by atoms with E-state index >= 15 is 0 Å². The van der Waals surface area contributed by atoms with Gasteiger partial charge in [-0.15, -0.1) is 35.3 Å². The summed E-state index contributed by atoms with van der Waals surface area (Å²) in [6, 6.07) is 5.27. The molecule has 0 saturated heterocycles. The average molecular weight is 462 g/mol. The van der Waals surface area contributed by atoms with E-state index in [0.717, 1.165) is 22.0 Å². The largest absolute Gasteiger partial charge is 0.357 e. The predicted octanol–water partition coefficient (Wildman–Crippen LogP) is 4.33. The third kappa shape index (κ3) is 6.01. The van der Waals surface area contributed by atoms with Crippen LogP contribution in [0.3, 0.4) is 0 Å². The Morgan fingerprint density at radius 2 is 2.12 bits per heavy atom. The zero-order valence-electron chi connectivity index (χ0n) is 14.4. The Labute approximate surface area is 164 Å². The molecule has 132 valence electrons. The normalized spacial score (nSPS) is 12.5. The highest BCUT2D eigenvalue weighted by Crippen LogP contribution is 2.16. The van der Waals surface area contributed by atoms with E-state index in [-0.39, 0.29) is 35.8 Å². The number of nitrogens with one attached hydrogen (secondary N) is 2. The summed E-state index contributed by atoms with van der Waals surface area (Å²) in [6.07, 6.45) is 1.85. The number of thiazole rings is 1. The van der Waals surface area contributed by atoms with Crippen molar-refractivity contribution in [2.75, 3.05) is 6.54 Å². The minimum absolute atomic E-state index is 0. The van der Waals surface area contributed by atoms with Gasteiger partial charge in [0.1, 0.15) is 5.82 Å². The lowest BCUT2D eigenvalue weighted by Crippen LogP contribution is -2.38. The van der Waals surface area contributed by atoms with Crippen LogP contribution in [0.15, 0.2) is 29.4 Å². The number of aryl methyl sites for hydroxylation is 2. The summed E-state index contributed by atoms with van der Waals surface area (Å²) in [4.78, 5) is 9.93. The highest BCUT2D eigenvalue weighted by atomic mass is 127. The second kappa shape index (κ2) is 9.93. The van der Waals surface area contributed by atoms with Crippen LogP contribution < -0.4 is 10.6 Å². The van der Waals surface area contributed by atoms with Crippen molar-refractivity contribution in [1.82, 2.24) is 15.6 Å². The first-order valence-corrected chi connectivity index (χ1v) is 8.53. The van der Waals surface area contributed by atoms with Gasteiger partial charge in [-0.3, -0.25) is 0 Å².